The van der Waals surface area contributed by atoms with Crippen LogP contribution in [-0.2, 0) is 19.5 Å². The molecule has 0 saturated heterocycles. The summed E-state index contributed by atoms with van der Waals surface area (Å²) in [4.78, 5) is 0. The van der Waals surface area contributed by atoms with Gasteiger partial charge in [-0.3, -0.25) is 0 Å². The average Bonchev–Trinajstić information content (AvgIpc) is 2.33. The van der Waals surface area contributed by atoms with E-state index in [1.807, 2.05) is 0 Å². The second-order valence-electron chi connectivity index (χ2n) is 0. The normalized spacial score (nSPS) is 0.923. The summed E-state index contributed by atoms with van der Waals surface area (Å²) >= 11 is 0. The number of hydrogen-bond acceptors (Lipinski definition) is 6. The molecule has 0 saturated carbocycles. The molecule has 13 heavy (non-hydrogen) atoms. The van der Waals surface area contributed by atoms with Crippen molar-refractivity contribution < 1.29 is 19.5 Å². The van der Waals surface area contributed by atoms with Gasteiger partial charge in [0.25, 0.3) is 0 Å². The van der Waals surface area contributed by atoms with Crippen LogP contribution in [0.3, 0.4) is 0 Å². The van der Waals surface area contributed by atoms with Crippen molar-refractivity contribution in [3.05, 3.63) is 39.4 Å². The Morgan fingerprint density at radius 3 is 0.308 bits per heavy atom. The maximum Gasteiger partial charge on any atom is 6.00 e. The molecule has 0 aliphatic heterocycles. The smallest absolute Gasteiger partial charge is 0.512 e. The van der Waals surface area contributed by atoms with E-state index in [-0.39, 0.29) is 19.5 Å². The molecule has 7 heteroatoms. The Labute approximate surface area is 90.8 Å². The molecule has 0 spiro atoms. The quantitative estimate of drug-likeness (QED) is 0.458. The van der Waals surface area contributed by atoms with Gasteiger partial charge in [-0.05, 0) is 0 Å². The maximum atomic E-state index is 6.25. The van der Waals surface area contributed by atoms with E-state index in [0.29, 0.717) is 0 Å². The van der Waals surface area contributed by atoms with Crippen LogP contribution in [0, 0.1) is 71.0 Å². The van der Waals surface area contributed by atoms with Crippen LogP contribution >= 0.6 is 0 Å². The zero-order chi connectivity index (χ0) is 12.0. The standard InChI is InChI=1S/6CN.Ru/c6*1-2;/q6*-1;+6. The monoisotopic (exact) mass is 258 g/mol. The molecule has 0 aromatic carbocycles. The topological polar surface area (TPSA) is 143 Å². The summed E-state index contributed by atoms with van der Waals surface area (Å²) in [5.41, 5.74) is 0. The van der Waals surface area contributed by atoms with Crippen LogP contribution in [0.5, 0.6) is 0 Å². The van der Waals surface area contributed by atoms with E-state index < -0.39 is 0 Å². The van der Waals surface area contributed by atoms with Gasteiger partial charge in [0.15, 0.2) is 0 Å². The van der Waals surface area contributed by atoms with Crippen LogP contribution < -0.4 is 0 Å². The molecule has 0 radical (unpaired) electrons. The van der Waals surface area contributed by atoms with Crippen LogP contribution in [0.25, 0.3) is 0 Å². The summed E-state index contributed by atoms with van der Waals surface area (Å²) in [6, 6.07) is 0. The zero-order valence-corrected chi connectivity index (χ0v) is 7.77. The predicted octanol–water partition coefficient (Wildman–Crippen LogP) is 0.576. The van der Waals surface area contributed by atoms with E-state index in [0.717, 1.165) is 0 Å². The molecular formula is C6N6Ru. The van der Waals surface area contributed by atoms with E-state index in [1.54, 1.807) is 0 Å². The van der Waals surface area contributed by atoms with Crippen LogP contribution in [0.1, 0.15) is 0 Å². The van der Waals surface area contributed by atoms with Crippen molar-refractivity contribution in [2.75, 3.05) is 0 Å². The summed E-state index contributed by atoms with van der Waals surface area (Å²) in [7, 11) is 0. The predicted molar refractivity (Wildman–Crippen MR) is 29.8 cm³/mol. The van der Waals surface area contributed by atoms with Gasteiger partial charge < -0.3 is 71.0 Å². The van der Waals surface area contributed by atoms with Crippen molar-refractivity contribution in [3.8, 4) is 0 Å². The molecule has 0 heterocycles. The van der Waals surface area contributed by atoms with Gasteiger partial charge in [0.1, 0.15) is 0 Å². The molecule has 0 rings (SSSR count). The minimum Gasteiger partial charge on any atom is -0.512 e. The van der Waals surface area contributed by atoms with Crippen LogP contribution in [0.15, 0.2) is 0 Å². The van der Waals surface area contributed by atoms with Gasteiger partial charge >= 0.3 is 19.5 Å². The fourth-order valence-corrected chi connectivity index (χ4v) is 0. The van der Waals surface area contributed by atoms with Crippen molar-refractivity contribution in [1.82, 2.24) is 0 Å². The van der Waals surface area contributed by atoms with E-state index in [9.17, 15) is 0 Å². The summed E-state index contributed by atoms with van der Waals surface area (Å²) in [6.45, 7) is 28.5. The largest absolute Gasteiger partial charge is 6.00 e. The Morgan fingerprint density at radius 2 is 0.308 bits per heavy atom. The van der Waals surface area contributed by atoms with Crippen molar-refractivity contribution in [3.63, 3.8) is 0 Å². The van der Waals surface area contributed by atoms with E-state index >= 15 is 0 Å². The first kappa shape index (κ1) is 76.1. The molecule has 0 amide bonds. The number of rotatable bonds is 0. The van der Waals surface area contributed by atoms with Gasteiger partial charge in [-0.25, -0.2) is 0 Å². The molecule has 0 fully saturated rings. The molecule has 0 aliphatic carbocycles. The molecule has 0 atom stereocenters. The van der Waals surface area contributed by atoms with Gasteiger partial charge in [0.05, 0.1) is 0 Å². The Hall–Kier alpha value is -2.44. The average molecular weight is 257 g/mol. The van der Waals surface area contributed by atoms with E-state index in [1.165, 1.54) is 0 Å². The molecular weight excluding hydrogens is 257 g/mol. The van der Waals surface area contributed by atoms with Gasteiger partial charge in [0, 0.05) is 0 Å². The third-order valence-electron chi connectivity index (χ3n) is 0. The van der Waals surface area contributed by atoms with Crippen molar-refractivity contribution in [2.24, 2.45) is 0 Å². The third-order valence-corrected chi connectivity index (χ3v) is 0. The molecule has 0 aliphatic rings. The second-order valence-corrected chi connectivity index (χ2v) is 0. The molecule has 62 valence electrons. The van der Waals surface area contributed by atoms with Crippen LogP contribution in [0.4, 0.5) is 0 Å². The SMILES string of the molecule is [C-]#N.[C-]#N.[C-]#N.[C-]#N.[C-]#N.[C-]#N.[Ru+6]. The number of hydrogen-bond donors (Lipinski definition) is 0. The Morgan fingerprint density at radius 1 is 0.308 bits per heavy atom. The van der Waals surface area contributed by atoms with E-state index in [2.05, 4.69) is 0 Å². The zero-order valence-electron chi connectivity index (χ0n) is 6.04. The molecule has 0 N–H and O–H groups in total. The van der Waals surface area contributed by atoms with Crippen molar-refractivity contribution in [1.29, 1.82) is 31.6 Å². The Balaban J connectivity index is -0.00000000655. The minimum absolute atomic E-state index is 0. The van der Waals surface area contributed by atoms with Crippen molar-refractivity contribution >= 4 is 0 Å². The molecule has 0 aromatic heterocycles. The van der Waals surface area contributed by atoms with Gasteiger partial charge in [-0.1, -0.05) is 0 Å². The van der Waals surface area contributed by atoms with Gasteiger partial charge in [-0.15, -0.1) is 0 Å². The summed E-state index contributed by atoms with van der Waals surface area (Å²) in [5, 5.41) is 37.5. The Bertz CT molecular complexity index is 92.1. The molecule has 0 aromatic rings. The van der Waals surface area contributed by atoms with E-state index in [4.69, 9.17) is 71.0 Å². The first-order valence-electron chi connectivity index (χ1n) is 1.34. The first-order valence-corrected chi connectivity index (χ1v) is 1.34. The fourth-order valence-electron chi connectivity index (χ4n) is 0. The molecule has 0 unspecified atom stereocenters. The van der Waals surface area contributed by atoms with Crippen LogP contribution in [0.2, 0.25) is 0 Å². The summed E-state index contributed by atoms with van der Waals surface area (Å²) in [5.74, 6) is 0. The number of nitrogens with zero attached hydrogens (tertiary/aromatic N) is 6. The summed E-state index contributed by atoms with van der Waals surface area (Å²) < 4.78 is 0. The summed E-state index contributed by atoms with van der Waals surface area (Å²) in [6.07, 6.45) is 0. The third kappa shape index (κ3) is 92.1. The minimum atomic E-state index is 0. The fraction of sp³-hybridized carbons (Fsp3) is 0. The Kier molecular flexibility index (Phi) is 691. The molecule has 6 nitrogen and oxygen atoms in total. The maximum absolute atomic E-state index is 6.25. The second kappa shape index (κ2) is 118. The first-order chi connectivity index (χ1) is 6.00. The van der Waals surface area contributed by atoms with Crippen LogP contribution in [-0.4, -0.2) is 0 Å². The van der Waals surface area contributed by atoms with Gasteiger partial charge in [0.2, 0.25) is 0 Å². The van der Waals surface area contributed by atoms with Crippen molar-refractivity contribution in [2.45, 2.75) is 0 Å². The van der Waals surface area contributed by atoms with Gasteiger partial charge in [-0.2, -0.15) is 0 Å². The molecule has 0 bridgehead atoms.